The Kier molecular flexibility index (Phi) is 8.48. The molecule has 0 fully saturated rings. The van der Waals surface area contributed by atoms with E-state index in [1.54, 1.807) is 13.2 Å². The first-order valence-electron chi connectivity index (χ1n) is 5.07. The zero-order valence-electron chi connectivity index (χ0n) is 9.45. The highest BCUT2D eigenvalue weighted by molar-refractivity contribution is 5.89. The molecule has 0 aliphatic rings. The average molecular weight is 199 g/mol. The Hall–Kier alpha value is -0.670. The van der Waals surface area contributed by atoms with E-state index >= 15 is 0 Å². The molecule has 0 aliphatic heterocycles. The van der Waals surface area contributed by atoms with Gasteiger partial charge in [-0.05, 0) is 19.5 Å². The zero-order chi connectivity index (χ0) is 10.8. The SMILES string of the molecule is CCCC(=O)/C=C/CN(C)CCOC. The van der Waals surface area contributed by atoms with Crippen LogP contribution < -0.4 is 0 Å². The molecule has 0 saturated heterocycles. The summed E-state index contributed by atoms with van der Waals surface area (Å²) < 4.78 is 4.95. The van der Waals surface area contributed by atoms with E-state index in [9.17, 15) is 4.79 Å². The molecule has 0 radical (unpaired) electrons. The van der Waals surface area contributed by atoms with E-state index in [2.05, 4.69) is 4.90 Å². The van der Waals surface area contributed by atoms with Crippen molar-refractivity contribution in [2.45, 2.75) is 19.8 Å². The Morgan fingerprint density at radius 2 is 2.21 bits per heavy atom. The molecule has 0 atom stereocenters. The Bertz CT molecular complexity index is 178. The van der Waals surface area contributed by atoms with E-state index in [-0.39, 0.29) is 5.78 Å². The van der Waals surface area contributed by atoms with Gasteiger partial charge in [0.2, 0.25) is 0 Å². The summed E-state index contributed by atoms with van der Waals surface area (Å²) in [5.74, 6) is 0.215. The molecular weight excluding hydrogens is 178 g/mol. The van der Waals surface area contributed by atoms with Crippen LogP contribution in [0.3, 0.4) is 0 Å². The third kappa shape index (κ3) is 7.95. The van der Waals surface area contributed by atoms with E-state index < -0.39 is 0 Å². The van der Waals surface area contributed by atoms with Crippen molar-refractivity contribution in [1.29, 1.82) is 0 Å². The zero-order valence-corrected chi connectivity index (χ0v) is 9.45. The predicted octanol–water partition coefficient (Wildman–Crippen LogP) is 1.49. The number of ether oxygens (including phenoxy) is 1. The highest BCUT2D eigenvalue weighted by Crippen LogP contribution is 1.91. The fourth-order valence-corrected chi connectivity index (χ4v) is 1.03. The summed E-state index contributed by atoms with van der Waals surface area (Å²) in [5.41, 5.74) is 0. The molecule has 0 bridgehead atoms. The monoisotopic (exact) mass is 199 g/mol. The summed E-state index contributed by atoms with van der Waals surface area (Å²) >= 11 is 0. The van der Waals surface area contributed by atoms with Crippen LogP contribution in [0.4, 0.5) is 0 Å². The normalized spacial score (nSPS) is 11.4. The predicted molar refractivity (Wildman–Crippen MR) is 58.4 cm³/mol. The molecule has 3 heteroatoms. The van der Waals surface area contributed by atoms with Crippen molar-refractivity contribution in [3.8, 4) is 0 Å². The summed E-state index contributed by atoms with van der Waals surface area (Å²) in [4.78, 5) is 13.2. The lowest BCUT2D eigenvalue weighted by atomic mass is 10.2. The number of ketones is 1. The van der Waals surface area contributed by atoms with Gasteiger partial charge in [0.05, 0.1) is 6.61 Å². The van der Waals surface area contributed by atoms with Gasteiger partial charge in [0.1, 0.15) is 0 Å². The van der Waals surface area contributed by atoms with Gasteiger partial charge in [-0.1, -0.05) is 13.0 Å². The lowest BCUT2D eigenvalue weighted by molar-refractivity contribution is -0.114. The standard InChI is InChI=1S/C11H21NO2/c1-4-6-11(13)7-5-8-12(2)9-10-14-3/h5,7H,4,6,8-10H2,1-3H3/b7-5+. The van der Waals surface area contributed by atoms with Gasteiger partial charge in [-0.15, -0.1) is 0 Å². The van der Waals surface area contributed by atoms with Crippen LogP contribution in [0.5, 0.6) is 0 Å². The minimum Gasteiger partial charge on any atom is -0.383 e. The van der Waals surface area contributed by atoms with Crippen LogP contribution in [0.1, 0.15) is 19.8 Å². The molecule has 0 saturated carbocycles. The van der Waals surface area contributed by atoms with Gasteiger partial charge in [0.15, 0.2) is 5.78 Å². The van der Waals surface area contributed by atoms with E-state index in [1.165, 1.54) is 0 Å². The maximum Gasteiger partial charge on any atom is 0.155 e. The molecular formula is C11H21NO2. The Morgan fingerprint density at radius 1 is 1.50 bits per heavy atom. The van der Waals surface area contributed by atoms with Crippen LogP contribution in [0.2, 0.25) is 0 Å². The number of rotatable bonds is 8. The van der Waals surface area contributed by atoms with E-state index in [4.69, 9.17) is 4.74 Å². The molecule has 0 aromatic rings. The third-order valence-electron chi connectivity index (χ3n) is 1.89. The van der Waals surface area contributed by atoms with Crippen LogP contribution in [-0.2, 0) is 9.53 Å². The molecule has 3 nitrogen and oxygen atoms in total. The molecule has 14 heavy (non-hydrogen) atoms. The number of carbonyl (C=O) groups excluding carboxylic acids is 1. The lowest BCUT2D eigenvalue weighted by Gasteiger charge is -2.12. The van der Waals surface area contributed by atoms with Gasteiger partial charge in [0, 0.05) is 26.6 Å². The number of allylic oxidation sites excluding steroid dienone is 1. The van der Waals surface area contributed by atoms with Crippen LogP contribution in [0, 0.1) is 0 Å². The molecule has 0 aromatic heterocycles. The molecule has 0 amide bonds. The topological polar surface area (TPSA) is 29.5 Å². The molecule has 0 unspecified atom stereocenters. The quantitative estimate of drug-likeness (QED) is 0.555. The Balaban J connectivity index is 3.54. The number of hydrogen-bond acceptors (Lipinski definition) is 3. The summed E-state index contributed by atoms with van der Waals surface area (Å²) in [6, 6.07) is 0. The third-order valence-corrected chi connectivity index (χ3v) is 1.89. The summed E-state index contributed by atoms with van der Waals surface area (Å²) in [7, 11) is 3.70. The summed E-state index contributed by atoms with van der Waals surface area (Å²) in [6.07, 6.45) is 5.15. The summed E-state index contributed by atoms with van der Waals surface area (Å²) in [5, 5.41) is 0. The number of nitrogens with zero attached hydrogens (tertiary/aromatic N) is 1. The lowest BCUT2D eigenvalue weighted by Crippen LogP contribution is -2.22. The average Bonchev–Trinajstić information content (AvgIpc) is 2.15. The van der Waals surface area contributed by atoms with Crippen molar-refractivity contribution in [1.82, 2.24) is 4.90 Å². The van der Waals surface area contributed by atoms with Crippen molar-refractivity contribution < 1.29 is 9.53 Å². The fourth-order valence-electron chi connectivity index (χ4n) is 1.03. The smallest absolute Gasteiger partial charge is 0.155 e. The van der Waals surface area contributed by atoms with Crippen LogP contribution >= 0.6 is 0 Å². The van der Waals surface area contributed by atoms with Crippen molar-refractivity contribution >= 4 is 5.78 Å². The van der Waals surface area contributed by atoms with Crippen molar-refractivity contribution in [2.24, 2.45) is 0 Å². The van der Waals surface area contributed by atoms with Gasteiger partial charge in [0.25, 0.3) is 0 Å². The fraction of sp³-hybridized carbons (Fsp3) is 0.727. The maximum absolute atomic E-state index is 11.1. The molecule has 0 aromatic carbocycles. The number of carbonyl (C=O) groups is 1. The first-order chi connectivity index (χ1) is 6.70. The Labute approximate surface area is 86.7 Å². The maximum atomic E-state index is 11.1. The van der Waals surface area contributed by atoms with Crippen molar-refractivity contribution in [3.05, 3.63) is 12.2 Å². The first kappa shape index (κ1) is 13.3. The number of hydrogen-bond donors (Lipinski definition) is 0. The molecule has 0 aliphatic carbocycles. The minimum absolute atomic E-state index is 0.215. The second-order valence-electron chi connectivity index (χ2n) is 3.37. The highest BCUT2D eigenvalue weighted by atomic mass is 16.5. The van der Waals surface area contributed by atoms with E-state index in [0.717, 1.165) is 26.1 Å². The second kappa shape index (κ2) is 8.91. The van der Waals surface area contributed by atoms with Crippen LogP contribution in [0.15, 0.2) is 12.2 Å². The van der Waals surface area contributed by atoms with Gasteiger partial charge >= 0.3 is 0 Å². The van der Waals surface area contributed by atoms with Gasteiger partial charge in [-0.2, -0.15) is 0 Å². The van der Waals surface area contributed by atoms with E-state index in [1.807, 2.05) is 20.0 Å². The largest absolute Gasteiger partial charge is 0.383 e. The number of methoxy groups -OCH3 is 1. The molecule has 0 spiro atoms. The minimum atomic E-state index is 0.215. The molecule has 0 heterocycles. The summed E-state index contributed by atoms with van der Waals surface area (Å²) in [6.45, 7) is 4.44. The molecule has 0 rings (SSSR count). The van der Waals surface area contributed by atoms with Gasteiger partial charge in [-0.3, -0.25) is 4.79 Å². The highest BCUT2D eigenvalue weighted by Gasteiger charge is 1.95. The van der Waals surface area contributed by atoms with Crippen molar-refractivity contribution in [3.63, 3.8) is 0 Å². The van der Waals surface area contributed by atoms with Crippen LogP contribution in [-0.4, -0.2) is 44.5 Å². The first-order valence-corrected chi connectivity index (χ1v) is 5.07. The Morgan fingerprint density at radius 3 is 2.79 bits per heavy atom. The van der Waals surface area contributed by atoms with E-state index in [0.29, 0.717) is 6.42 Å². The molecule has 82 valence electrons. The van der Waals surface area contributed by atoms with Crippen LogP contribution in [0.25, 0.3) is 0 Å². The molecule has 0 N–H and O–H groups in total. The van der Waals surface area contributed by atoms with Gasteiger partial charge in [-0.25, -0.2) is 0 Å². The van der Waals surface area contributed by atoms with Gasteiger partial charge < -0.3 is 9.64 Å². The second-order valence-corrected chi connectivity index (χ2v) is 3.37. The number of likely N-dealkylation sites (N-methyl/N-ethyl adjacent to an activating group) is 1. The van der Waals surface area contributed by atoms with Crippen molar-refractivity contribution in [2.75, 3.05) is 33.9 Å².